The molecule has 0 aliphatic heterocycles. The second-order valence-corrected chi connectivity index (χ2v) is 12.2. The zero-order chi connectivity index (χ0) is 12.0. The van der Waals surface area contributed by atoms with Crippen LogP contribution in [0.3, 0.4) is 0 Å². The van der Waals surface area contributed by atoms with E-state index in [9.17, 15) is 0 Å². The van der Waals surface area contributed by atoms with Crippen molar-refractivity contribution in [1.29, 1.82) is 0 Å². The van der Waals surface area contributed by atoms with Crippen LogP contribution in [-0.2, 0) is 11.3 Å². The van der Waals surface area contributed by atoms with Crippen LogP contribution in [0.15, 0.2) is 30.3 Å². The van der Waals surface area contributed by atoms with E-state index in [0.29, 0.717) is 0 Å². The Bertz CT molecular complexity index is 295. The van der Waals surface area contributed by atoms with Crippen LogP contribution in [0.1, 0.15) is 5.56 Å². The molecule has 0 aliphatic rings. The maximum absolute atomic E-state index is 5.27. The molecule has 0 bridgehead atoms. The van der Waals surface area contributed by atoms with Crippen molar-refractivity contribution in [1.82, 2.24) is 4.90 Å². The Morgan fingerprint density at radius 2 is 1.75 bits per heavy atom. The number of hydrogen-bond acceptors (Lipinski definition) is 2. The monoisotopic (exact) mass is 238 g/mol. The zero-order valence-electron chi connectivity index (χ0n) is 10.9. The molecule has 0 saturated heterocycles. The van der Waals surface area contributed by atoms with Crippen molar-refractivity contribution in [2.75, 3.05) is 20.0 Å². The molecule has 0 radical (unpaired) electrons. The van der Waals surface area contributed by atoms with Crippen LogP contribution in [0.4, 0.5) is 0 Å². The van der Waals surface area contributed by atoms with E-state index in [1.54, 1.807) is 7.11 Å². The summed E-state index contributed by atoms with van der Waals surface area (Å²) in [7, 11) is 0.431. The third-order valence-electron chi connectivity index (χ3n) is 2.37. The number of rotatable bonds is 6. The van der Waals surface area contributed by atoms with Crippen LogP contribution in [0, 0.1) is 0 Å². The molecule has 0 saturated carbocycles. The molecule has 92 valence electrons. The van der Waals surface area contributed by atoms with E-state index in [2.05, 4.69) is 54.9 Å². The van der Waals surface area contributed by atoms with Gasteiger partial charge in [-0.15, -0.1) is 0 Å². The molecule has 0 heterocycles. The summed E-state index contributed by atoms with van der Waals surface area (Å²) in [5.41, 5.74) is 1.36. The van der Waals surface area contributed by atoms with Crippen molar-refractivity contribution < 1.29 is 4.74 Å². The summed E-state index contributed by atoms with van der Waals surface area (Å²) in [4.78, 5) is 2.40. The Morgan fingerprint density at radius 3 is 2.25 bits per heavy atom. The van der Waals surface area contributed by atoms with Gasteiger partial charge in [-0.25, -0.2) is 0 Å². The van der Waals surface area contributed by atoms with Crippen LogP contribution in [-0.4, -0.2) is 33.0 Å². The van der Waals surface area contributed by atoms with Gasteiger partial charge in [0.15, 0.2) is 0 Å². The third kappa shape index (κ3) is 5.44. The number of nitrogens with zero attached hydrogens (tertiary/aromatic N) is 1. The Kier molecular flexibility index (Phi) is 5.18. The molecule has 0 N–H and O–H groups in total. The molecule has 0 spiro atoms. The van der Waals surface area contributed by atoms with Crippen LogP contribution in [0.2, 0.25) is 19.6 Å². The molecule has 1 rings (SSSR count). The number of benzene rings is 1. The van der Waals surface area contributed by atoms with Crippen LogP contribution in [0.25, 0.3) is 0 Å². The van der Waals surface area contributed by atoms with Crippen LogP contribution >= 0.6 is 0 Å². The van der Waals surface area contributed by atoms with Crippen molar-refractivity contribution in [3.05, 3.63) is 35.9 Å². The van der Waals surface area contributed by atoms with Gasteiger partial charge in [0.05, 0.1) is 0 Å². The number of methoxy groups -OCH3 is 1. The van der Waals surface area contributed by atoms with Crippen molar-refractivity contribution in [3.8, 4) is 0 Å². The minimum absolute atomic E-state index is 0.728. The molecule has 3 heteroatoms. The van der Waals surface area contributed by atoms with Gasteiger partial charge in [0, 0.05) is 0 Å². The van der Waals surface area contributed by atoms with Crippen LogP contribution in [0.5, 0.6) is 0 Å². The number of hydrogen-bond donors (Lipinski definition) is 0. The molecule has 0 aromatic heterocycles. The maximum atomic E-state index is 5.27. The fourth-order valence-electron chi connectivity index (χ4n) is 1.96. The van der Waals surface area contributed by atoms with Crippen molar-refractivity contribution in [2.24, 2.45) is 0 Å². The van der Waals surface area contributed by atoms with E-state index in [1.165, 1.54) is 11.7 Å². The SMILES string of the molecule is COCN(Cc1ccccc1)C[SiH-](C)(C)C. The molecule has 0 fully saturated rings. The molecule has 0 aliphatic carbocycles. The fraction of sp³-hybridized carbons (Fsp3) is 0.538. The summed E-state index contributed by atoms with van der Waals surface area (Å²) in [5, 5.41) is 0. The van der Waals surface area contributed by atoms with Gasteiger partial charge in [0.2, 0.25) is 0 Å². The van der Waals surface area contributed by atoms with E-state index in [-0.39, 0.29) is 0 Å². The molecule has 16 heavy (non-hydrogen) atoms. The van der Waals surface area contributed by atoms with Gasteiger partial charge in [-0.05, 0) is 0 Å². The molecule has 0 unspecified atom stereocenters. The van der Waals surface area contributed by atoms with Crippen molar-refractivity contribution in [2.45, 2.75) is 26.2 Å². The standard InChI is InChI=1S/C13H24NOSi/c1-15-11-14(12-16(2,3)4)10-13-8-6-5-7-9-13/h5-9,16H,10-12H2,1-4H3/q-1. The van der Waals surface area contributed by atoms with Gasteiger partial charge >= 0.3 is 99.8 Å². The second kappa shape index (κ2) is 6.18. The number of ether oxygens (including phenoxy) is 1. The van der Waals surface area contributed by atoms with Gasteiger partial charge < -0.3 is 0 Å². The predicted octanol–water partition coefficient (Wildman–Crippen LogP) is 2.70. The average Bonchev–Trinajstić information content (AvgIpc) is 2.17. The quantitative estimate of drug-likeness (QED) is 0.558. The first-order valence-corrected chi connectivity index (χ1v) is 10.3. The molecule has 0 amide bonds. The Morgan fingerprint density at radius 1 is 1.12 bits per heavy atom. The normalized spacial score (nSPS) is 13.1. The molecule has 1 aromatic carbocycles. The summed E-state index contributed by atoms with van der Waals surface area (Å²) in [5.74, 6) is 0. The molecule has 1 aromatic rings. The van der Waals surface area contributed by atoms with Crippen molar-refractivity contribution >= 4 is 8.07 Å². The van der Waals surface area contributed by atoms with E-state index in [1.807, 2.05) is 0 Å². The second-order valence-electron chi connectivity index (χ2n) is 5.87. The topological polar surface area (TPSA) is 12.5 Å². The first kappa shape index (κ1) is 13.4. The van der Waals surface area contributed by atoms with Gasteiger partial charge in [-0.1, -0.05) is 0 Å². The van der Waals surface area contributed by atoms with E-state index < -0.39 is 8.07 Å². The van der Waals surface area contributed by atoms with Gasteiger partial charge in [0.25, 0.3) is 0 Å². The van der Waals surface area contributed by atoms with Crippen LogP contribution < -0.4 is 0 Å². The summed E-state index contributed by atoms with van der Waals surface area (Å²) in [6.45, 7) is 8.97. The fourth-order valence-corrected chi connectivity index (χ4v) is 3.75. The van der Waals surface area contributed by atoms with Crippen molar-refractivity contribution in [3.63, 3.8) is 0 Å². The Labute approximate surface area is 100 Å². The molecular formula is C13H24NOSi-. The van der Waals surface area contributed by atoms with E-state index in [0.717, 1.165) is 13.3 Å². The summed E-state index contributed by atoms with van der Waals surface area (Å²) < 4.78 is 5.27. The minimum atomic E-state index is -1.34. The van der Waals surface area contributed by atoms with Gasteiger partial charge in [-0.2, -0.15) is 0 Å². The summed E-state index contributed by atoms with van der Waals surface area (Å²) >= 11 is 0. The molecule has 2 nitrogen and oxygen atoms in total. The first-order chi connectivity index (χ1) is 7.51. The predicted molar refractivity (Wildman–Crippen MR) is 73.5 cm³/mol. The van der Waals surface area contributed by atoms with E-state index >= 15 is 0 Å². The van der Waals surface area contributed by atoms with E-state index in [4.69, 9.17) is 4.74 Å². The van der Waals surface area contributed by atoms with Gasteiger partial charge in [-0.3, -0.25) is 0 Å². The van der Waals surface area contributed by atoms with Gasteiger partial charge in [0.1, 0.15) is 0 Å². The Balaban J connectivity index is 2.58. The Hall–Kier alpha value is -0.643. The molecular weight excluding hydrogens is 214 g/mol. The first-order valence-electron chi connectivity index (χ1n) is 6.05. The third-order valence-corrected chi connectivity index (χ3v) is 3.98. The zero-order valence-corrected chi connectivity index (χ0v) is 12.1. The summed E-state index contributed by atoms with van der Waals surface area (Å²) in [6.07, 6.45) is 1.20. The average molecular weight is 238 g/mol. The molecule has 0 atom stereocenters. The summed E-state index contributed by atoms with van der Waals surface area (Å²) in [6, 6.07) is 10.6.